The topological polar surface area (TPSA) is 50.7 Å². The first-order chi connectivity index (χ1) is 10.5. The van der Waals surface area contributed by atoms with E-state index in [9.17, 15) is 4.79 Å². The Kier molecular flexibility index (Phi) is 5.55. The molecule has 0 atom stereocenters. The summed E-state index contributed by atoms with van der Waals surface area (Å²) >= 11 is 5.86. The van der Waals surface area contributed by atoms with Gasteiger partial charge >= 0.3 is 0 Å². The number of nitrogens with one attached hydrogen (secondary N) is 1. The van der Waals surface area contributed by atoms with Crippen molar-refractivity contribution in [2.45, 2.75) is 13.8 Å². The third kappa shape index (κ3) is 4.90. The summed E-state index contributed by atoms with van der Waals surface area (Å²) in [7, 11) is 0. The Balaban J connectivity index is 1.81. The Morgan fingerprint density at radius 3 is 2.64 bits per heavy atom. The summed E-state index contributed by atoms with van der Waals surface area (Å²) in [6.45, 7) is 3.78. The predicted octanol–water partition coefficient (Wildman–Crippen LogP) is 3.49. The Morgan fingerprint density at radius 2 is 1.95 bits per heavy atom. The van der Waals surface area contributed by atoms with Crippen LogP contribution >= 0.6 is 11.6 Å². The van der Waals surface area contributed by atoms with Crippen molar-refractivity contribution in [3.63, 3.8) is 0 Å². The lowest BCUT2D eigenvalue weighted by atomic mass is 10.2. The second kappa shape index (κ2) is 7.61. The second-order valence-corrected chi connectivity index (χ2v) is 5.34. The van der Waals surface area contributed by atoms with Crippen LogP contribution in [0.4, 0.5) is 0 Å². The first-order valence-corrected chi connectivity index (χ1v) is 7.20. The number of benzene rings is 2. The molecular formula is C17H17ClN2O2. The van der Waals surface area contributed by atoms with E-state index in [0.29, 0.717) is 10.8 Å². The van der Waals surface area contributed by atoms with Crippen LogP contribution in [0.2, 0.25) is 5.02 Å². The van der Waals surface area contributed by atoms with Crippen LogP contribution in [0.15, 0.2) is 47.6 Å². The van der Waals surface area contributed by atoms with Crippen molar-refractivity contribution in [1.82, 2.24) is 5.43 Å². The molecule has 1 N–H and O–H groups in total. The molecule has 0 aliphatic rings. The van der Waals surface area contributed by atoms with Gasteiger partial charge in [0.15, 0.2) is 6.61 Å². The third-order valence-electron chi connectivity index (χ3n) is 2.98. The highest BCUT2D eigenvalue weighted by molar-refractivity contribution is 6.30. The maximum Gasteiger partial charge on any atom is 0.277 e. The molecule has 0 aliphatic carbocycles. The van der Waals surface area contributed by atoms with E-state index >= 15 is 0 Å². The highest BCUT2D eigenvalue weighted by Gasteiger charge is 2.04. The van der Waals surface area contributed by atoms with Gasteiger partial charge < -0.3 is 4.74 Å². The van der Waals surface area contributed by atoms with Gasteiger partial charge in [0.25, 0.3) is 5.91 Å². The minimum atomic E-state index is -0.322. The van der Waals surface area contributed by atoms with Crippen LogP contribution in [0.25, 0.3) is 0 Å². The minimum Gasteiger partial charge on any atom is -0.483 e. The molecule has 0 spiro atoms. The van der Waals surface area contributed by atoms with Gasteiger partial charge in [-0.05, 0) is 43.2 Å². The lowest BCUT2D eigenvalue weighted by Crippen LogP contribution is -2.24. The van der Waals surface area contributed by atoms with Crippen LogP contribution in [-0.2, 0) is 4.79 Å². The number of carbonyl (C=O) groups excluding carboxylic acids is 1. The number of rotatable bonds is 5. The summed E-state index contributed by atoms with van der Waals surface area (Å²) in [5, 5.41) is 4.53. The van der Waals surface area contributed by atoms with Crippen LogP contribution in [0.5, 0.6) is 5.75 Å². The number of hydrazone groups is 1. The van der Waals surface area contributed by atoms with E-state index in [0.717, 1.165) is 11.1 Å². The van der Waals surface area contributed by atoms with E-state index in [1.165, 1.54) is 5.56 Å². The molecule has 0 aromatic heterocycles. The highest BCUT2D eigenvalue weighted by Crippen LogP contribution is 2.21. The van der Waals surface area contributed by atoms with Crippen LogP contribution in [-0.4, -0.2) is 18.7 Å². The zero-order chi connectivity index (χ0) is 15.9. The van der Waals surface area contributed by atoms with Crippen molar-refractivity contribution in [3.05, 3.63) is 64.2 Å². The molecule has 5 heteroatoms. The fourth-order valence-corrected chi connectivity index (χ4v) is 2.01. The zero-order valence-corrected chi connectivity index (χ0v) is 13.2. The molecule has 0 saturated heterocycles. The summed E-state index contributed by atoms with van der Waals surface area (Å²) in [6, 6.07) is 13.1. The maximum absolute atomic E-state index is 11.7. The van der Waals surface area contributed by atoms with Gasteiger partial charge in [0, 0.05) is 5.02 Å². The molecule has 0 fully saturated rings. The standard InChI is InChI=1S/C17H17ClN2O2/c1-12-3-5-14(6-4-12)10-19-20-17(21)11-22-16-8-7-15(18)9-13(16)2/h3-10H,11H2,1-2H3,(H,20,21)/b19-10-. The zero-order valence-electron chi connectivity index (χ0n) is 12.5. The highest BCUT2D eigenvalue weighted by atomic mass is 35.5. The van der Waals surface area contributed by atoms with Crippen LogP contribution in [0.3, 0.4) is 0 Å². The average Bonchev–Trinajstić information content (AvgIpc) is 2.48. The lowest BCUT2D eigenvalue weighted by molar-refractivity contribution is -0.123. The van der Waals surface area contributed by atoms with Gasteiger partial charge in [0.1, 0.15) is 5.75 Å². The van der Waals surface area contributed by atoms with Crippen molar-refractivity contribution < 1.29 is 9.53 Å². The number of hydrogen-bond acceptors (Lipinski definition) is 3. The van der Waals surface area contributed by atoms with Gasteiger partial charge in [-0.1, -0.05) is 41.4 Å². The van der Waals surface area contributed by atoms with Gasteiger partial charge in [-0.15, -0.1) is 0 Å². The van der Waals surface area contributed by atoms with Crippen LogP contribution in [0.1, 0.15) is 16.7 Å². The molecule has 22 heavy (non-hydrogen) atoms. The van der Waals surface area contributed by atoms with E-state index in [1.807, 2.05) is 38.1 Å². The number of amides is 1. The van der Waals surface area contributed by atoms with Gasteiger partial charge in [0.2, 0.25) is 0 Å². The molecule has 0 radical (unpaired) electrons. The number of aryl methyl sites for hydroxylation is 2. The monoisotopic (exact) mass is 316 g/mol. The largest absolute Gasteiger partial charge is 0.483 e. The minimum absolute atomic E-state index is 0.103. The van der Waals surface area contributed by atoms with Crippen molar-refractivity contribution in [2.75, 3.05) is 6.61 Å². The van der Waals surface area contributed by atoms with E-state index < -0.39 is 0 Å². The number of hydrogen-bond donors (Lipinski definition) is 1. The number of carbonyl (C=O) groups is 1. The molecule has 114 valence electrons. The van der Waals surface area contributed by atoms with Gasteiger partial charge in [-0.2, -0.15) is 5.10 Å². The van der Waals surface area contributed by atoms with Crippen LogP contribution in [0, 0.1) is 13.8 Å². The van der Waals surface area contributed by atoms with Crippen molar-refractivity contribution in [3.8, 4) is 5.75 Å². The lowest BCUT2D eigenvalue weighted by Gasteiger charge is -2.08. The number of halogens is 1. The summed E-state index contributed by atoms with van der Waals surface area (Å²) in [6.07, 6.45) is 1.59. The van der Waals surface area contributed by atoms with Crippen molar-refractivity contribution in [2.24, 2.45) is 5.10 Å². The molecule has 2 rings (SSSR count). The Morgan fingerprint density at radius 1 is 1.23 bits per heavy atom. The van der Waals surface area contributed by atoms with E-state index in [-0.39, 0.29) is 12.5 Å². The van der Waals surface area contributed by atoms with Crippen molar-refractivity contribution >= 4 is 23.7 Å². The molecule has 0 bridgehead atoms. The first kappa shape index (κ1) is 16.0. The Labute approximate surface area is 134 Å². The van der Waals surface area contributed by atoms with Gasteiger partial charge in [0.05, 0.1) is 6.21 Å². The van der Waals surface area contributed by atoms with Crippen molar-refractivity contribution in [1.29, 1.82) is 0 Å². The molecule has 1 amide bonds. The molecule has 2 aromatic rings. The fourth-order valence-electron chi connectivity index (χ4n) is 1.78. The van der Waals surface area contributed by atoms with E-state index in [2.05, 4.69) is 10.5 Å². The molecular weight excluding hydrogens is 300 g/mol. The van der Waals surface area contributed by atoms with Gasteiger partial charge in [-0.25, -0.2) is 5.43 Å². The summed E-state index contributed by atoms with van der Waals surface area (Å²) in [5.74, 6) is 0.305. The molecule has 2 aromatic carbocycles. The third-order valence-corrected chi connectivity index (χ3v) is 3.21. The number of nitrogens with zero attached hydrogens (tertiary/aromatic N) is 1. The Hall–Kier alpha value is -2.33. The maximum atomic E-state index is 11.7. The normalized spacial score (nSPS) is 10.7. The molecule has 0 unspecified atom stereocenters. The quantitative estimate of drug-likeness (QED) is 0.678. The van der Waals surface area contributed by atoms with Crippen LogP contribution < -0.4 is 10.2 Å². The summed E-state index contributed by atoms with van der Waals surface area (Å²) in [5.41, 5.74) is 5.40. The van der Waals surface area contributed by atoms with E-state index in [4.69, 9.17) is 16.3 Å². The number of ether oxygens (including phenoxy) is 1. The first-order valence-electron chi connectivity index (χ1n) is 6.82. The smallest absolute Gasteiger partial charge is 0.277 e. The van der Waals surface area contributed by atoms with Gasteiger partial charge in [-0.3, -0.25) is 4.79 Å². The molecule has 4 nitrogen and oxygen atoms in total. The molecule has 0 aliphatic heterocycles. The summed E-state index contributed by atoms with van der Waals surface area (Å²) < 4.78 is 5.43. The fraction of sp³-hybridized carbons (Fsp3) is 0.176. The summed E-state index contributed by atoms with van der Waals surface area (Å²) in [4.78, 5) is 11.7. The van der Waals surface area contributed by atoms with E-state index in [1.54, 1.807) is 24.4 Å². The molecule has 0 saturated carbocycles. The molecule has 0 heterocycles. The average molecular weight is 317 g/mol. The second-order valence-electron chi connectivity index (χ2n) is 4.90. The SMILES string of the molecule is Cc1ccc(/C=N\NC(=O)COc2ccc(Cl)cc2C)cc1. The predicted molar refractivity (Wildman–Crippen MR) is 88.6 cm³/mol. The Bertz CT molecular complexity index is 682.